The van der Waals surface area contributed by atoms with Crippen LogP contribution in [0.1, 0.15) is 17.3 Å². The SMILES string of the molecule is CC(CBr)(CBr)NC(=O)c1ccoc1Br. The van der Waals surface area contributed by atoms with Crippen LogP contribution in [0.4, 0.5) is 0 Å². The molecule has 0 unspecified atom stereocenters. The summed E-state index contributed by atoms with van der Waals surface area (Å²) in [7, 11) is 0. The zero-order valence-corrected chi connectivity index (χ0v) is 12.8. The maximum atomic E-state index is 11.8. The zero-order valence-electron chi connectivity index (χ0n) is 8.02. The minimum absolute atomic E-state index is 0.156. The molecule has 15 heavy (non-hydrogen) atoms. The van der Waals surface area contributed by atoms with Gasteiger partial charge in [0.05, 0.1) is 17.4 Å². The van der Waals surface area contributed by atoms with Crippen LogP contribution in [0.2, 0.25) is 0 Å². The molecule has 0 saturated heterocycles. The van der Waals surface area contributed by atoms with E-state index in [4.69, 9.17) is 4.42 Å². The summed E-state index contributed by atoms with van der Waals surface area (Å²) in [5.74, 6) is -0.156. The van der Waals surface area contributed by atoms with Crippen LogP contribution in [0.25, 0.3) is 0 Å². The predicted molar refractivity (Wildman–Crippen MR) is 69.9 cm³/mol. The molecule has 0 spiro atoms. The number of hydrogen-bond donors (Lipinski definition) is 1. The van der Waals surface area contributed by atoms with E-state index in [0.717, 1.165) is 0 Å². The molecule has 0 aliphatic rings. The van der Waals surface area contributed by atoms with Crippen molar-refractivity contribution in [2.75, 3.05) is 10.7 Å². The molecule has 1 heterocycles. The Morgan fingerprint density at radius 1 is 1.53 bits per heavy atom. The van der Waals surface area contributed by atoms with Gasteiger partial charge in [-0.15, -0.1) is 0 Å². The smallest absolute Gasteiger partial charge is 0.256 e. The summed E-state index contributed by atoms with van der Waals surface area (Å²) in [5, 5.41) is 4.26. The third-order valence-electron chi connectivity index (χ3n) is 1.87. The van der Waals surface area contributed by atoms with Crippen LogP contribution in [0.5, 0.6) is 0 Å². The molecule has 84 valence electrons. The number of halogens is 3. The quantitative estimate of drug-likeness (QED) is 0.783. The highest BCUT2D eigenvalue weighted by atomic mass is 79.9. The molecule has 6 heteroatoms. The van der Waals surface area contributed by atoms with Gasteiger partial charge < -0.3 is 9.73 Å². The van der Waals surface area contributed by atoms with Gasteiger partial charge in [-0.05, 0) is 28.9 Å². The molecule has 1 rings (SSSR count). The highest BCUT2D eigenvalue weighted by Crippen LogP contribution is 2.19. The van der Waals surface area contributed by atoms with Crippen molar-refractivity contribution in [2.45, 2.75) is 12.5 Å². The monoisotopic (exact) mass is 401 g/mol. The molecule has 3 nitrogen and oxygen atoms in total. The van der Waals surface area contributed by atoms with Gasteiger partial charge in [-0.25, -0.2) is 0 Å². The Morgan fingerprint density at radius 2 is 2.13 bits per heavy atom. The summed E-state index contributed by atoms with van der Waals surface area (Å²) >= 11 is 9.89. The fourth-order valence-electron chi connectivity index (χ4n) is 0.900. The van der Waals surface area contributed by atoms with Crippen LogP contribution in [0.15, 0.2) is 21.4 Å². The molecular weight excluding hydrogens is 394 g/mol. The summed E-state index contributed by atoms with van der Waals surface area (Å²) in [5.41, 5.74) is 0.191. The van der Waals surface area contributed by atoms with Crippen molar-refractivity contribution in [2.24, 2.45) is 0 Å². The summed E-state index contributed by atoms with van der Waals surface area (Å²) in [6, 6.07) is 1.63. The van der Waals surface area contributed by atoms with Crippen molar-refractivity contribution in [3.63, 3.8) is 0 Å². The molecule has 0 radical (unpaired) electrons. The standard InChI is InChI=1S/C9H10Br3NO2/c1-9(4-10,5-11)13-8(14)6-2-3-15-7(6)12/h2-3H,4-5H2,1H3,(H,13,14). The van der Waals surface area contributed by atoms with E-state index >= 15 is 0 Å². The Morgan fingerprint density at radius 3 is 2.53 bits per heavy atom. The van der Waals surface area contributed by atoms with E-state index in [-0.39, 0.29) is 11.4 Å². The topological polar surface area (TPSA) is 42.2 Å². The lowest BCUT2D eigenvalue weighted by atomic mass is 10.1. The number of carbonyl (C=O) groups is 1. The predicted octanol–water partition coefficient (Wildman–Crippen LogP) is 3.32. The van der Waals surface area contributed by atoms with Gasteiger partial charge >= 0.3 is 0 Å². The molecule has 0 fully saturated rings. The number of carbonyl (C=O) groups excluding carboxylic acids is 1. The molecule has 0 bridgehead atoms. The van der Waals surface area contributed by atoms with E-state index in [1.807, 2.05) is 6.92 Å². The largest absolute Gasteiger partial charge is 0.457 e. The van der Waals surface area contributed by atoms with E-state index in [0.29, 0.717) is 20.9 Å². The number of furan rings is 1. The maximum absolute atomic E-state index is 11.8. The lowest BCUT2D eigenvalue weighted by molar-refractivity contribution is 0.0921. The average molecular weight is 404 g/mol. The second kappa shape index (κ2) is 5.50. The van der Waals surface area contributed by atoms with E-state index < -0.39 is 0 Å². The minimum Gasteiger partial charge on any atom is -0.457 e. The summed E-state index contributed by atoms with van der Waals surface area (Å²) in [4.78, 5) is 11.8. The Hall–Kier alpha value is 0.190. The highest BCUT2D eigenvalue weighted by Gasteiger charge is 2.25. The first-order chi connectivity index (χ1) is 7.02. The van der Waals surface area contributed by atoms with Gasteiger partial charge in [0.1, 0.15) is 0 Å². The number of nitrogens with one attached hydrogen (secondary N) is 1. The van der Waals surface area contributed by atoms with Gasteiger partial charge in [-0.1, -0.05) is 31.9 Å². The Bertz CT molecular complexity index is 347. The van der Waals surface area contributed by atoms with Crippen molar-refractivity contribution in [1.82, 2.24) is 5.32 Å². The average Bonchev–Trinajstić information content (AvgIpc) is 2.64. The van der Waals surface area contributed by atoms with Gasteiger partial charge in [-0.3, -0.25) is 4.79 Å². The fourth-order valence-corrected chi connectivity index (χ4v) is 2.53. The second-order valence-electron chi connectivity index (χ2n) is 3.39. The van der Waals surface area contributed by atoms with Crippen LogP contribution in [-0.4, -0.2) is 22.1 Å². The van der Waals surface area contributed by atoms with Crippen molar-refractivity contribution < 1.29 is 9.21 Å². The maximum Gasteiger partial charge on any atom is 0.256 e. The number of alkyl halides is 2. The molecule has 1 aromatic heterocycles. The Balaban J connectivity index is 2.76. The molecule has 1 amide bonds. The summed E-state index contributed by atoms with van der Waals surface area (Å²) < 4.78 is 5.45. The molecule has 0 aliphatic heterocycles. The minimum atomic E-state index is -0.312. The van der Waals surface area contributed by atoms with Gasteiger partial charge in [0.2, 0.25) is 0 Å². The van der Waals surface area contributed by atoms with Crippen LogP contribution in [0.3, 0.4) is 0 Å². The fraction of sp³-hybridized carbons (Fsp3) is 0.444. The lowest BCUT2D eigenvalue weighted by Gasteiger charge is -2.26. The van der Waals surface area contributed by atoms with Crippen molar-refractivity contribution in [3.05, 3.63) is 22.6 Å². The first-order valence-corrected chi connectivity index (χ1v) is 7.23. The zero-order chi connectivity index (χ0) is 11.5. The first kappa shape index (κ1) is 13.3. The Kier molecular flexibility index (Phi) is 4.86. The lowest BCUT2D eigenvalue weighted by Crippen LogP contribution is -2.48. The Labute approximate surface area is 113 Å². The third-order valence-corrected chi connectivity index (χ3v) is 4.96. The van der Waals surface area contributed by atoms with Gasteiger partial charge in [0.15, 0.2) is 4.67 Å². The second-order valence-corrected chi connectivity index (χ2v) is 5.23. The van der Waals surface area contributed by atoms with Crippen molar-refractivity contribution >= 4 is 53.7 Å². The molecule has 1 aromatic rings. The van der Waals surface area contributed by atoms with Gasteiger partial charge in [-0.2, -0.15) is 0 Å². The highest BCUT2D eigenvalue weighted by molar-refractivity contribution is 9.10. The van der Waals surface area contributed by atoms with E-state index in [2.05, 4.69) is 53.1 Å². The van der Waals surface area contributed by atoms with E-state index in [1.165, 1.54) is 6.26 Å². The van der Waals surface area contributed by atoms with Crippen LogP contribution in [-0.2, 0) is 0 Å². The first-order valence-electron chi connectivity index (χ1n) is 4.20. The molecule has 1 N–H and O–H groups in total. The molecule has 0 atom stereocenters. The van der Waals surface area contributed by atoms with Crippen LogP contribution >= 0.6 is 47.8 Å². The van der Waals surface area contributed by atoms with Crippen LogP contribution < -0.4 is 5.32 Å². The summed E-state index contributed by atoms with van der Waals surface area (Å²) in [6.07, 6.45) is 1.47. The number of rotatable bonds is 4. The van der Waals surface area contributed by atoms with Crippen molar-refractivity contribution in [3.8, 4) is 0 Å². The number of amides is 1. The van der Waals surface area contributed by atoms with Crippen LogP contribution in [0, 0.1) is 0 Å². The van der Waals surface area contributed by atoms with Gasteiger partial charge in [0, 0.05) is 10.7 Å². The summed E-state index contributed by atoms with van der Waals surface area (Å²) in [6.45, 7) is 1.95. The van der Waals surface area contributed by atoms with Gasteiger partial charge in [0.25, 0.3) is 5.91 Å². The molecule has 0 aromatic carbocycles. The molecular formula is C9H10Br3NO2. The molecule has 0 saturated carbocycles. The number of hydrogen-bond acceptors (Lipinski definition) is 2. The normalized spacial score (nSPS) is 11.5. The molecule has 0 aliphatic carbocycles. The van der Waals surface area contributed by atoms with Crippen molar-refractivity contribution in [1.29, 1.82) is 0 Å². The van der Waals surface area contributed by atoms with E-state index in [1.54, 1.807) is 6.07 Å². The van der Waals surface area contributed by atoms with E-state index in [9.17, 15) is 4.79 Å². The third kappa shape index (κ3) is 3.32.